The van der Waals surface area contributed by atoms with Gasteiger partial charge in [-0.15, -0.1) is 6.58 Å². The summed E-state index contributed by atoms with van der Waals surface area (Å²) in [5.41, 5.74) is 5.74. The summed E-state index contributed by atoms with van der Waals surface area (Å²) < 4.78 is 5.11. The molecule has 0 aliphatic heterocycles. The van der Waals surface area contributed by atoms with Gasteiger partial charge in [-0.2, -0.15) is 0 Å². The molecule has 0 saturated heterocycles. The highest BCUT2D eigenvalue weighted by molar-refractivity contribution is 5.95. The number of amides is 1. The third-order valence-corrected chi connectivity index (χ3v) is 3.98. The Morgan fingerprint density at radius 1 is 1.00 bits per heavy atom. The fraction of sp³-hybridized carbons (Fsp3) is 0.412. The zero-order valence-electron chi connectivity index (χ0n) is 13.4. The molecule has 4 heteroatoms. The van der Waals surface area contributed by atoms with Crippen molar-refractivity contribution in [1.29, 1.82) is 0 Å². The van der Waals surface area contributed by atoms with Crippen molar-refractivity contribution in [3.05, 3.63) is 46.0 Å². The molecule has 0 atom stereocenters. The van der Waals surface area contributed by atoms with Crippen molar-refractivity contribution in [2.75, 3.05) is 13.2 Å². The van der Waals surface area contributed by atoms with Gasteiger partial charge in [0.2, 0.25) is 0 Å². The Morgan fingerprint density at radius 3 is 1.95 bits per heavy atom. The smallest absolute Gasteiger partial charge is 0.339 e. The second-order valence-corrected chi connectivity index (χ2v) is 5.17. The van der Waals surface area contributed by atoms with Gasteiger partial charge in [-0.1, -0.05) is 6.08 Å². The minimum absolute atomic E-state index is 0.280. The average Bonchev–Trinajstić information content (AvgIpc) is 2.47. The van der Waals surface area contributed by atoms with E-state index in [1.165, 1.54) is 5.56 Å². The predicted octanol–water partition coefficient (Wildman–Crippen LogP) is 2.69. The highest BCUT2D eigenvalue weighted by Gasteiger charge is 2.19. The second kappa shape index (κ2) is 7.07. The van der Waals surface area contributed by atoms with Crippen LogP contribution in [0.15, 0.2) is 12.7 Å². The Balaban J connectivity index is 2.94. The Hall–Kier alpha value is -2.10. The van der Waals surface area contributed by atoms with Crippen molar-refractivity contribution in [2.45, 2.75) is 34.6 Å². The number of ether oxygens (including phenoxy) is 1. The first-order chi connectivity index (χ1) is 9.81. The minimum atomic E-state index is -0.454. The molecule has 0 fully saturated rings. The van der Waals surface area contributed by atoms with Crippen LogP contribution < -0.4 is 5.32 Å². The van der Waals surface area contributed by atoms with Gasteiger partial charge in [-0.05, 0) is 62.4 Å². The molecule has 0 saturated carbocycles. The molecule has 0 bridgehead atoms. The number of rotatable bonds is 5. The van der Waals surface area contributed by atoms with Crippen molar-refractivity contribution >= 4 is 11.9 Å². The predicted molar refractivity (Wildman–Crippen MR) is 83.6 cm³/mol. The standard InChI is InChI=1S/C17H23NO3/c1-7-8-18-15(19)9-21-17(20)16-13(5)11(3)10(2)12(4)14(16)6/h7H,1,8-9H2,2-6H3,(H,18,19). The number of benzene rings is 1. The van der Waals surface area contributed by atoms with Crippen LogP contribution in [-0.4, -0.2) is 25.0 Å². The number of hydrogen-bond acceptors (Lipinski definition) is 3. The number of carbonyl (C=O) groups excluding carboxylic acids is 2. The summed E-state index contributed by atoms with van der Waals surface area (Å²) in [5.74, 6) is -0.788. The molecule has 1 amide bonds. The molecule has 0 aromatic heterocycles. The first kappa shape index (κ1) is 17.0. The van der Waals surface area contributed by atoms with Gasteiger partial charge in [-0.25, -0.2) is 4.79 Å². The lowest BCUT2D eigenvalue weighted by Crippen LogP contribution is -2.29. The molecule has 21 heavy (non-hydrogen) atoms. The molecule has 1 N–H and O–H groups in total. The maximum Gasteiger partial charge on any atom is 0.339 e. The molecule has 0 aliphatic rings. The second-order valence-electron chi connectivity index (χ2n) is 5.17. The van der Waals surface area contributed by atoms with Crippen LogP contribution in [0.1, 0.15) is 38.2 Å². The molecular formula is C17H23NO3. The van der Waals surface area contributed by atoms with Gasteiger partial charge < -0.3 is 10.1 Å². The summed E-state index contributed by atoms with van der Waals surface area (Å²) in [5, 5.41) is 2.57. The van der Waals surface area contributed by atoms with Crippen LogP contribution >= 0.6 is 0 Å². The summed E-state index contributed by atoms with van der Waals surface area (Å²) in [7, 11) is 0. The Bertz CT molecular complexity index is 559. The zero-order valence-corrected chi connectivity index (χ0v) is 13.4. The molecule has 114 valence electrons. The largest absolute Gasteiger partial charge is 0.452 e. The van der Waals surface area contributed by atoms with Crippen molar-refractivity contribution in [3.63, 3.8) is 0 Å². The first-order valence-corrected chi connectivity index (χ1v) is 6.92. The Labute approximate surface area is 126 Å². The summed E-state index contributed by atoms with van der Waals surface area (Å²) in [6.07, 6.45) is 1.57. The lowest BCUT2D eigenvalue weighted by molar-refractivity contribution is -0.124. The molecule has 0 radical (unpaired) electrons. The normalized spacial score (nSPS) is 10.1. The Morgan fingerprint density at radius 2 is 1.48 bits per heavy atom. The molecule has 1 rings (SSSR count). The molecular weight excluding hydrogens is 266 g/mol. The van der Waals surface area contributed by atoms with Crippen molar-refractivity contribution in [1.82, 2.24) is 5.32 Å². The van der Waals surface area contributed by atoms with E-state index in [1.54, 1.807) is 6.08 Å². The highest BCUT2D eigenvalue weighted by atomic mass is 16.5. The summed E-state index contributed by atoms with van der Waals surface area (Å²) in [6, 6.07) is 0. The summed E-state index contributed by atoms with van der Waals surface area (Å²) in [6.45, 7) is 13.4. The van der Waals surface area contributed by atoms with E-state index in [9.17, 15) is 9.59 Å². The highest BCUT2D eigenvalue weighted by Crippen LogP contribution is 2.26. The third kappa shape index (κ3) is 3.72. The van der Waals surface area contributed by atoms with Crippen LogP contribution in [0, 0.1) is 34.6 Å². The minimum Gasteiger partial charge on any atom is -0.452 e. The van der Waals surface area contributed by atoms with Crippen LogP contribution in [0.2, 0.25) is 0 Å². The van der Waals surface area contributed by atoms with Crippen molar-refractivity contribution in [2.24, 2.45) is 0 Å². The van der Waals surface area contributed by atoms with Gasteiger partial charge in [0, 0.05) is 6.54 Å². The van der Waals surface area contributed by atoms with E-state index < -0.39 is 5.97 Å². The van der Waals surface area contributed by atoms with E-state index in [-0.39, 0.29) is 12.5 Å². The number of hydrogen-bond donors (Lipinski definition) is 1. The number of esters is 1. The maximum atomic E-state index is 12.3. The van der Waals surface area contributed by atoms with Crippen LogP contribution in [0.25, 0.3) is 0 Å². The van der Waals surface area contributed by atoms with E-state index in [0.29, 0.717) is 12.1 Å². The number of carbonyl (C=O) groups is 2. The quantitative estimate of drug-likeness (QED) is 0.670. The average molecular weight is 289 g/mol. The van der Waals surface area contributed by atoms with E-state index in [2.05, 4.69) is 11.9 Å². The van der Waals surface area contributed by atoms with E-state index in [1.807, 2.05) is 34.6 Å². The summed E-state index contributed by atoms with van der Waals surface area (Å²) >= 11 is 0. The monoisotopic (exact) mass is 289 g/mol. The van der Waals surface area contributed by atoms with E-state index in [0.717, 1.165) is 22.3 Å². The van der Waals surface area contributed by atoms with E-state index >= 15 is 0 Å². The lowest BCUT2D eigenvalue weighted by atomic mass is 9.90. The molecule has 1 aromatic rings. The maximum absolute atomic E-state index is 12.3. The first-order valence-electron chi connectivity index (χ1n) is 6.92. The molecule has 0 unspecified atom stereocenters. The van der Waals surface area contributed by atoms with Gasteiger partial charge in [0.05, 0.1) is 5.56 Å². The number of nitrogens with one attached hydrogen (secondary N) is 1. The van der Waals surface area contributed by atoms with Crippen molar-refractivity contribution in [3.8, 4) is 0 Å². The van der Waals surface area contributed by atoms with E-state index in [4.69, 9.17) is 4.74 Å². The van der Waals surface area contributed by atoms with Gasteiger partial charge in [0.15, 0.2) is 6.61 Å². The zero-order chi connectivity index (χ0) is 16.2. The molecule has 0 heterocycles. The van der Waals surface area contributed by atoms with Crippen LogP contribution in [-0.2, 0) is 9.53 Å². The molecule has 1 aromatic carbocycles. The van der Waals surface area contributed by atoms with Crippen LogP contribution in [0.5, 0.6) is 0 Å². The summed E-state index contributed by atoms with van der Waals surface area (Å²) in [4.78, 5) is 23.7. The van der Waals surface area contributed by atoms with Crippen LogP contribution in [0.4, 0.5) is 0 Å². The van der Waals surface area contributed by atoms with Gasteiger partial charge in [-0.3, -0.25) is 4.79 Å². The topological polar surface area (TPSA) is 55.4 Å². The van der Waals surface area contributed by atoms with Gasteiger partial charge in [0.25, 0.3) is 5.91 Å². The van der Waals surface area contributed by atoms with Crippen LogP contribution in [0.3, 0.4) is 0 Å². The van der Waals surface area contributed by atoms with Crippen molar-refractivity contribution < 1.29 is 14.3 Å². The lowest BCUT2D eigenvalue weighted by Gasteiger charge is -2.17. The fourth-order valence-corrected chi connectivity index (χ4v) is 2.25. The molecule has 0 spiro atoms. The fourth-order valence-electron chi connectivity index (χ4n) is 2.25. The third-order valence-electron chi connectivity index (χ3n) is 3.98. The SMILES string of the molecule is C=CCNC(=O)COC(=O)c1c(C)c(C)c(C)c(C)c1C. The Kier molecular flexibility index (Phi) is 5.70. The van der Waals surface area contributed by atoms with Gasteiger partial charge >= 0.3 is 5.97 Å². The van der Waals surface area contributed by atoms with Gasteiger partial charge in [0.1, 0.15) is 0 Å². The molecule has 0 aliphatic carbocycles. The molecule has 4 nitrogen and oxygen atoms in total.